The molecule has 36 heavy (non-hydrogen) atoms. The first-order chi connectivity index (χ1) is 17.4. The van der Waals surface area contributed by atoms with Crippen LogP contribution in [0.2, 0.25) is 0 Å². The number of halogens is 1. The number of thiocarbonyl (C=S) groups is 1. The molecule has 0 spiro atoms. The fourth-order valence-electron chi connectivity index (χ4n) is 4.36. The van der Waals surface area contributed by atoms with Gasteiger partial charge >= 0.3 is 0 Å². The summed E-state index contributed by atoms with van der Waals surface area (Å²) in [5.41, 5.74) is 2.53. The van der Waals surface area contributed by atoms with Crippen LogP contribution in [0.25, 0.3) is 11.7 Å². The largest absolute Gasteiger partial charge is 0.368 e. The topological polar surface area (TPSA) is 61.2 Å². The lowest BCUT2D eigenvalue weighted by atomic mass is 10.2. The lowest BCUT2D eigenvalue weighted by Crippen LogP contribution is -2.47. The number of thioether (sulfide) groups is 1. The molecule has 7 nitrogen and oxygen atoms in total. The van der Waals surface area contributed by atoms with Crippen LogP contribution in [0.3, 0.4) is 0 Å². The van der Waals surface area contributed by atoms with Gasteiger partial charge in [-0.15, -0.1) is 6.58 Å². The molecule has 0 unspecified atom stereocenters. The molecule has 0 radical (unpaired) electrons. The van der Waals surface area contributed by atoms with Gasteiger partial charge in [-0.1, -0.05) is 36.1 Å². The van der Waals surface area contributed by atoms with Gasteiger partial charge in [-0.05, 0) is 48.9 Å². The molecule has 3 aromatic rings. The monoisotopic (exact) mass is 521 g/mol. The van der Waals surface area contributed by atoms with E-state index in [2.05, 4.69) is 16.4 Å². The Kier molecular flexibility index (Phi) is 6.63. The second kappa shape index (κ2) is 9.87. The van der Waals surface area contributed by atoms with Crippen LogP contribution in [-0.2, 0) is 4.79 Å². The number of hydrogen-bond donors (Lipinski definition) is 0. The maximum Gasteiger partial charge on any atom is 0.267 e. The first-order valence-corrected chi connectivity index (χ1v) is 12.7. The Morgan fingerprint density at radius 2 is 1.78 bits per heavy atom. The Balaban J connectivity index is 1.53. The van der Waals surface area contributed by atoms with E-state index in [0.717, 1.165) is 11.3 Å². The van der Waals surface area contributed by atoms with Gasteiger partial charge in [0, 0.05) is 44.6 Å². The van der Waals surface area contributed by atoms with Gasteiger partial charge in [-0.3, -0.25) is 18.9 Å². The van der Waals surface area contributed by atoms with E-state index in [0.29, 0.717) is 59.0 Å². The van der Waals surface area contributed by atoms with Crippen molar-refractivity contribution in [2.75, 3.05) is 42.5 Å². The maximum absolute atomic E-state index is 13.7. The summed E-state index contributed by atoms with van der Waals surface area (Å²) in [6, 6.07) is 10.2. The highest BCUT2D eigenvalue weighted by Crippen LogP contribution is 2.33. The third-order valence-corrected chi connectivity index (χ3v) is 7.59. The molecule has 0 aliphatic carbocycles. The molecule has 2 aliphatic rings. The smallest absolute Gasteiger partial charge is 0.267 e. The Labute approximate surface area is 217 Å². The van der Waals surface area contributed by atoms with Crippen LogP contribution < -0.4 is 15.4 Å². The van der Waals surface area contributed by atoms with Crippen LogP contribution in [-0.4, -0.2) is 57.2 Å². The lowest BCUT2D eigenvalue weighted by Gasteiger charge is -2.37. The van der Waals surface area contributed by atoms with E-state index in [1.807, 2.05) is 19.1 Å². The second-order valence-corrected chi connectivity index (χ2v) is 10.3. The molecule has 2 aromatic heterocycles. The van der Waals surface area contributed by atoms with Gasteiger partial charge in [0.1, 0.15) is 21.6 Å². The maximum atomic E-state index is 13.7. The summed E-state index contributed by atoms with van der Waals surface area (Å²) in [5, 5.41) is 0. The zero-order chi connectivity index (χ0) is 25.4. The fraction of sp³-hybridized carbons (Fsp3) is 0.231. The molecule has 2 saturated heterocycles. The zero-order valence-corrected chi connectivity index (χ0v) is 21.3. The summed E-state index contributed by atoms with van der Waals surface area (Å²) in [4.78, 5) is 37.6. The van der Waals surface area contributed by atoms with Crippen LogP contribution in [0.15, 0.2) is 64.9 Å². The Bertz CT molecular complexity index is 1460. The Hall–Kier alpha value is -3.50. The lowest BCUT2D eigenvalue weighted by molar-refractivity contribution is -0.121. The minimum atomic E-state index is -0.267. The van der Waals surface area contributed by atoms with Gasteiger partial charge in [-0.2, -0.15) is 0 Å². The fourth-order valence-corrected chi connectivity index (χ4v) is 5.62. The van der Waals surface area contributed by atoms with Gasteiger partial charge in [0.25, 0.3) is 11.5 Å². The molecule has 184 valence electrons. The molecule has 0 N–H and O–H groups in total. The predicted molar refractivity (Wildman–Crippen MR) is 147 cm³/mol. The molecular formula is C26H24FN5O2S2. The number of hydrogen-bond acceptors (Lipinski definition) is 7. The van der Waals surface area contributed by atoms with Crippen LogP contribution in [0.5, 0.6) is 0 Å². The van der Waals surface area contributed by atoms with Crippen molar-refractivity contribution in [2.24, 2.45) is 0 Å². The number of aromatic nitrogens is 2. The van der Waals surface area contributed by atoms with E-state index in [9.17, 15) is 14.0 Å². The van der Waals surface area contributed by atoms with E-state index >= 15 is 0 Å². The van der Waals surface area contributed by atoms with Crippen LogP contribution in [0, 0.1) is 12.7 Å². The number of aryl methyl sites for hydroxylation is 1. The minimum Gasteiger partial charge on any atom is -0.368 e. The average Bonchev–Trinajstić information content (AvgIpc) is 3.14. The average molecular weight is 522 g/mol. The highest BCUT2D eigenvalue weighted by atomic mass is 32.2. The van der Waals surface area contributed by atoms with Gasteiger partial charge in [-0.25, -0.2) is 9.37 Å². The van der Waals surface area contributed by atoms with Gasteiger partial charge in [0.15, 0.2) is 0 Å². The number of anilines is 2. The van der Waals surface area contributed by atoms with Crippen molar-refractivity contribution >= 4 is 57.4 Å². The third-order valence-electron chi connectivity index (χ3n) is 6.22. The first-order valence-electron chi connectivity index (χ1n) is 11.5. The molecular weight excluding hydrogens is 497 g/mol. The third kappa shape index (κ3) is 4.54. The summed E-state index contributed by atoms with van der Waals surface area (Å²) in [6.07, 6.45) is 4.99. The molecule has 0 atom stereocenters. The number of carbonyl (C=O) groups excluding carboxylic acids is 1. The molecule has 0 saturated carbocycles. The standard InChI is InChI=1S/C26H24FN5O2S2/c1-3-10-31-25(34)21(36-26(31)35)15-20-23(28-22-9-4-17(2)16-32(22)24(20)33)30-13-11-29(12-14-30)19-7-5-18(27)6-8-19/h3-9,15-16H,1,10-14H2,2H3/b21-15+. The molecule has 5 rings (SSSR count). The van der Waals surface area contributed by atoms with Crippen LogP contribution >= 0.6 is 24.0 Å². The van der Waals surface area contributed by atoms with Crippen molar-refractivity contribution in [1.82, 2.24) is 14.3 Å². The Morgan fingerprint density at radius 1 is 1.08 bits per heavy atom. The number of amides is 1. The van der Waals surface area contributed by atoms with Crippen molar-refractivity contribution in [2.45, 2.75) is 6.92 Å². The minimum absolute atomic E-state index is 0.242. The van der Waals surface area contributed by atoms with E-state index in [-0.39, 0.29) is 17.3 Å². The number of fused-ring (bicyclic) bond motifs is 1. The number of piperazine rings is 1. The number of carbonyl (C=O) groups is 1. The first kappa shape index (κ1) is 24.2. The number of benzene rings is 1. The van der Waals surface area contributed by atoms with Crippen molar-refractivity contribution in [3.05, 3.63) is 87.5 Å². The summed E-state index contributed by atoms with van der Waals surface area (Å²) in [7, 11) is 0. The Morgan fingerprint density at radius 3 is 2.47 bits per heavy atom. The molecule has 1 aromatic carbocycles. The van der Waals surface area contributed by atoms with Crippen molar-refractivity contribution in [3.8, 4) is 0 Å². The number of pyridine rings is 1. The molecule has 0 bridgehead atoms. The van der Waals surface area contributed by atoms with Crippen molar-refractivity contribution < 1.29 is 9.18 Å². The van der Waals surface area contributed by atoms with Crippen molar-refractivity contribution in [3.63, 3.8) is 0 Å². The molecule has 4 heterocycles. The molecule has 1 amide bonds. The normalized spacial score (nSPS) is 17.5. The van der Waals surface area contributed by atoms with E-state index in [1.54, 1.807) is 30.5 Å². The van der Waals surface area contributed by atoms with Gasteiger partial charge in [0.05, 0.1) is 10.5 Å². The summed E-state index contributed by atoms with van der Waals surface area (Å²) < 4.78 is 15.3. The van der Waals surface area contributed by atoms with Crippen LogP contribution in [0.1, 0.15) is 11.1 Å². The van der Waals surface area contributed by atoms with Gasteiger partial charge < -0.3 is 9.80 Å². The second-order valence-electron chi connectivity index (χ2n) is 8.62. The molecule has 2 aliphatic heterocycles. The number of rotatable bonds is 5. The predicted octanol–water partition coefficient (Wildman–Crippen LogP) is 3.86. The summed E-state index contributed by atoms with van der Waals surface area (Å²) >= 11 is 6.55. The number of nitrogens with zero attached hydrogens (tertiary/aromatic N) is 5. The van der Waals surface area contributed by atoms with Crippen molar-refractivity contribution in [1.29, 1.82) is 0 Å². The SMILES string of the molecule is C=CCN1C(=O)/C(=C\c2c(N3CCN(c4ccc(F)cc4)CC3)nc3ccc(C)cn3c2=O)SC1=S. The summed E-state index contributed by atoms with van der Waals surface area (Å²) in [5.74, 6) is 0.0268. The van der Waals surface area contributed by atoms with E-state index in [4.69, 9.17) is 17.2 Å². The van der Waals surface area contributed by atoms with E-state index < -0.39 is 0 Å². The van der Waals surface area contributed by atoms with E-state index in [1.165, 1.54) is 33.2 Å². The summed E-state index contributed by atoms with van der Waals surface area (Å²) in [6.45, 7) is 8.51. The van der Waals surface area contributed by atoms with Crippen LogP contribution in [0.4, 0.5) is 15.9 Å². The zero-order valence-electron chi connectivity index (χ0n) is 19.7. The molecule has 2 fully saturated rings. The highest BCUT2D eigenvalue weighted by molar-refractivity contribution is 8.26. The van der Waals surface area contributed by atoms with Gasteiger partial charge in [0.2, 0.25) is 0 Å². The quantitative estimate of drug-likeness (QED) is 0.287. The highest BCUT2D eigenvalue weighted by Gasteiger charge is 2.32. The molecule has 10 heteroatoms.